The smallest absolute Gasteiger partial charge is 0.471 e. The average molecular weight is 490 g/mol. The lowest BCUT2D eigenvalue weighted by Gasteiger charge is -2.07. The van der Waals surface area contributed by atoms with E-state index in [0.29, 0.717) is 6.42 Å². The van der Waals surface area contributed by atoms with Crippen LogP contribution in [0.1, 0.15) is 103 Å². The van der Waals surface area contributed by atoms with Gasteiger partial charge in [0.1, 0.15) is 0 Å². The van der Waals surface area contributed by atoms with E-state index in [-0.39, 0.29) is 23.5 Å². The maximum absolute atomic E-state index is 12.0. The van der Waals surface area contributed by atoms with Crippen molar-refractivity contribution in [1.29, 1.82) is 0 Å². The average Bonchev–Trinajstić information content (AvgIpc) is 2.62. The van der Waals surface area contributed by atoms with Crippen molar-refractivity contribution in [2.24, 2.45) is 0 Å². The lowest BCUT2D eigenvalue weighted by atomic mass is 10.0. The van der Waals surface area contributed by atoms with Gasteiger partial charge >= 0.3 is 12.1 Å². The highest BCUT2D eigenvalue weighted by molar-refractivity contribution is 5.81. The number of alkyl halides is 3. The third-order valence-corrected chi connectivity index (χ3v) is 5.15. The molecule has 0 fully saturated rings. The molecule has 0 spiro atoms. The topological polar surface area (TPSA) is 33.5 Å². The zero-order valence-corrected chi connectivity index (χ0v) is 20.2. The Morgan fingerprint density at radius 3 is 1.28 bits per heavy atom. The summed E-state index contributed by atoms with van der Waals surface area (Å²) in [5, 5.41) is 1.91. The van der Waals surface area contributed by atoms with Crippen molar-refractivity contribution in [3.8, 4) is 0 Å². The van der Waals surface area contributed by atoms with E-state index in [1.54, 1.807) is 4.90 Å². The van der Waals surface area contributed by atoms with Crippen molar-refractivity contribution in [1.82, 2.24) is 5.32 Å². The first-order valence-corrected chi connectivity index (χ1v) is 11.5. The molecule has 0 aliphatic rings. The third-order valence-electron chi connectivity index (χ3n) is 5.15. The Labute approximate surface area is 187 Å². The summed E-state index contributed by atoms with van der Waals surface area (Å²) in [5.41, 5.74) is 0. The molecule has 176 valence electrons. The molecular weight excluding hydrogens is 445 g/mol. The molecule has 0 aromatic carbocycles. The summed E-state index contributed by atoms with van der Waals surface area (Å²) in [6.07, 6.45) is 15.0. The molecule has 1 amide bonds. The van der Waals surface area contributed by atoms with Gasteiger partial charge in [-0.05, 0) is 19.3 Å². The Morgan fingerprint density at radius 2 is 0.966 bits per heavy atom. The van der Waals surface area contributed by atoms with Gasteiger partial charge in [0.05, 0.1) is 20.6 Å². The number of quaternary nitrogens is 1. The number of hydrogen-bond acceptors (Lipinski definition) is 1. The number of carbonyl (C=O) groups excluding carboxylic acids is 1. The zero-order chi connectivity index (χ0) is 21.1. The number of rotatable bonds is 19. The van der Waals surface area contributed by atoms with Crippen LogP contribution in [0.15, 0.2) is 0 Å². The quantitative estimate of drug-likeness (QED) is 0.268. The highest BCUT2D eigenvalue weighted by atomic mass is 79.9. The van der Waals surface area contributed by atoms with Crippen LogP contribution in [0, 0.1) is 0 Å². The number of amides is 1. The molecule has 0 saturated heterocycles. The van der Waals surface area contributed by atoms with Crippen LogP contribution in [0.5, 0.6) is 0 Å². The zero-order valence-electron chi connectivity index (χ0n) is 18.6. The Bertz CT molecular complexity index is 366. The van der Waals surface area contributed by atoms with Crippen LogP contribution >= 0.6 is 0 Å². The minimum atomic E-state index is -4.76. The fourth-order valence-corrected chi connectivity index (χ4v) is 3.38. The van der Waals surface area contributed by atoms with Crippen LogP contribution in [0.4, 0.5) is 13.2 Å². The van der Waals surface area contributed by atoms with Crippen LogP contribution in [-0.2, 0) is 4.79 Å². The van der Waals surface area contributed by atoms with Crippen LogP contribution < -0.4 is 27.2 Å². The van der Waals surface area contributed by atoms with E-state index in [2.05, 4.69) is 14.1 Å². The van der Waals surface area contributed by atoms with Gasteiger partial charge in [0, 0.05) is 6.54 Å². The maximum Gasteiger partial charge on any atom is 0.471 e. The van der Waals surface area contributed by atoms with Crippen molar-refractivity contribution in [2.45, 2.75) is 109 Å². The number of nitrogens with one attached hydrogen (secondary N) is 2. The normalized spacial score (nSPS) is 11.5. The summed E-state index contributed by atoms with van der Waals surface area (Å²) >= 11 is 0. The highest BCUT2D eigenvalue weighted by Crippen LogP contribution is 2.15. The van der Waals surface area contributed by atoms with Gasteiger partial charge in [-0.1, -0.05) is 83.5 Å². The minimum Gasteiger partial charge on any atom is -1.00 e. The predicted molar refractivity (Wildman–Crippen MR) is 111 cm³/mol. The molecule has 0 saturated carbocycles. The van der Waals surface area contributed by atoms with Crippen LogP contribution in [-0.4, -0.2) is 39.3 Å². The van der Waals surface area contributed by atoms with E-state index >= 15 is 0 Å². The molecule has 3 nitrogen and oxygen atoms in total. The predicted octanol–water partition coefficient (Wildman–Crippen LogP) is 2.06. The monoisotopic (exact) mass is 488 g/mol. The molecule has 0 aliphatic heterocycles. The molecule has 0 bridgehead atoms. The van der Waals surface area contributed by atoms with Crippen LogP contribution in [0.3, 0.4) is 0 Å². The van der Waals surface area contributed by atoms with Gasteiger partial charge in [0.2, 0.25) is 0 Å². The summed E-state index contributed by atoms with van der Waals surface area (Å²) in [5.74, 6) is -1.83. The van der Waals surface area contributed by atoms with Gasteiger partial charge in [0.25, 0.3) is 0 Å². The van der Waals surface area contributed by atoms with E-state index < -0.39 is 12.1 Å². The van der Waals surface area contributed by atoms with E-state index in [1.165, 1.54) is 83.6 Å². The van der Waals surface area contributed by atoms with Gasteiger partial charge in [-0.3, -0.25) is 4.79 Å². The van der Waals surface area contributed by atoms with Gasteiger partial charge < -0.3 is 27.2 Å². The Kier molecular flexibility index (Phi) is 22.3. The number of carbonyl (C=O) groups is 1. The molecule has 0 atom stereocenters. The molecule has 0 aliphatic carbocycles. The second-order valence-corrected chi connectivity index (χ2v) is 8.37. The number of unbranched alkanes of at least 4 members (excludes halogenated alkanes) is 15. The first kappa shape index (κ1) is 30.9. The van der Waals surface area contributed by atoms with Gasteiger partial charge in [-0.25, -0.2) is 0 Å². The number of halogens is 4. The molecule has 0 aromatic heterocycles. The summed E-state index contributed by atoms with van der Waals surface area (Å²) in [6.45, 7) is 1.41. The Morgan fingerprint density at radius 1 is 0.655 bits per heavy atom. The maximum atomic E-state index is 12.0. The van der Waals surface area contributed by atoms with E-state index in [4.69, 9.17) is 0 Å². The van der Waals surface area contributed by atoms with Crippen LogP contribution in [0.2, 0.25) is 0 Å². The van der Waals surface area contributed by atoms with Gasteiger partial charge in [-0.2, -0.15) is 13.2 Å². The fourth-order valence-electron chi connectivity index (χ4n) is 3.38. The summed E-state index contributed by atoms with van der Waals surface area (Å²) in [6, 6.07) is 0. The highest BCUT2D eigenvalue weighted by Gasteiger charge is 2.38. The van der Waals surface area contributed by atoms with Crippen molar-refractivity contribution < 1.29 is 39.8 Å². The van der Waals surface area contributed by atoms with Gasteiger partial charge in [0.15, 0.2) is 0 Å². The van der Waals surface area contributed by atoms with Crippen LogP contribution in [0.25, 0.3) is 0 Å². The van der Waals surface area contributed by atoms with Crippen molar-refractivity contribution in [3.63, 3.8) is 0 Å². The lowest BCUT2D eigenvalue weighted by molar-refractivity contribution is -0.858. The van der Waals surface area contributed by atoms with E-state index in [1.807, 2.05) is 5.32 Å². The minimum absolute atomic E-state index is 0. The molecule has 2 N–H and O–H groups in total. The van der Waals surface area contributed by atoms with E-state index in [0.717, 1.165) is 19.3 Å². The first-order valence-electron chi connectivity index (χ1n) is 11.5. The summed E-state index contributed by atoms with van der Waals surface area (Å²) in [7, 11) is 4.43. The fraction of sp³-hybridized carbons (Fsp3) is 0.955. The van der Waals surface area contributed by atoms with Crippen molar-refractivity contribution >= 4 is 5.91 Å². The molecule has 7 heteroatoms. The number of hydrogen-bond donors (Lipinski definition) is 2. The second kappa shape index (κ2) is 21.0. The molecule has 0 heterocycles. The molecule has 29 heavy (non-hydrogen) atoms. The second-order valence-electron chi connectivity index (χ2n) is 8.37. The Balaban J connectivity index is 0. The molecule has 0 rings (SSSR count). The van der Waals surface area contributed by atoms with E-state index in [9.17, 15) is 18.0 Å². The lowest BCUT2D eigenvalue weighted by Crippen LogP contribution is -3.05. The summed E-state index contributed by atoms with van der Waals surface area (Å²) < 4.78 is 35.9. The Hall–Kier alpha value is -0.300. The van der Waals surface area contributed by atoms with Gasteiger partial charge in [-0.15, -0.1) is 0 Å². The first-order chi connectivity index (χ1) is 13.3. The molecule has 0 radical (unpaired) electrons. The standard InChI is InChI=1S/C22H43F3N2O.BrH/c1-27(2)20-18-16-14-12-10-8-6-4-3-5-7-9-11-13-15-17-19-26-21(28)22(23,24)25;/h3-20H2,1-2H3,(H,26,28);1H. The summed E-state index contributed by atoms with van der Waals surface area (Å²) in [4.78, 5) is 12.2. The molecule has 0 unspecified atom stereocenters. The largest absolute Gasteiger partial charge is 1.00 e. The molecular formula is C22H44BrF3N2O. The van der Waals surface area contributed by atoms with Crippen molar-refractivity contribution in [3.05, 3.63) is 0 Å². The SMILES string of the molecule is C[NH+](C)CCCCCCCCCCCCCCCCCCNC(=O)C(F)(F)F.[Br-]. The third kappa shape index (κ3) is 23.8. The van der Waals surface area contributed by atoms with Crippen molar-refractivity contribution in [2.75, 3.05) is 27.2 Å². The molecule has 0 aromatic rings.